The highest BCUT2D eigenvalue weighted by atomic mass is 16.5. The summed E-state index contributed by atoms with van der Waals surface area (Å²) in [5.41, 5.74) is 5.50. The predicted molar refractivity (Wildman–Crippen MR) is 136 cm³/mol. The number of allylic oxidation sites excluding steroid dienone is 1. The second-order valence-electron chi connectivity index (χ2n) is 8.07. The fourth-order valence-electron chi connectivity index (χ4n) is 3.96. The Balaban J connectivity index is 1.42. The Morgan fingerprint density at radius 3 is 2.76 bits per heavy atom. The number of hydrogen-bond donors (Lipinski definition) is 4. The number of nitrogens with one attached hydrogen (secondary N) is 4. The van der Waals surface area contributed by atoms with Gasteiger partial charge in [-0.3, -0.25) is 4.79 Å². The van der Waals surface area contributed by atoms with E-state index in [1.807, 2.05) is 24.3 Å². The van der Waals surface area contributed by atoms with Gasteiger partial charge in [0, 0.05) is 28.4 Å². The summed E-state index contributed by atoms with van der Waals surface area (Å²) in [6.07, 6.45) is 3.36. The van der Waals surface area contributed by atoms with Crippen molar-refractivity contribution in [3.63, 3.8) is 0 Å². The summed E-state index contributed by atoms with van der Waals surface area (Å²) in [6.45, 7) is 3.22. The molecule has 4 N–H and O–H groups in total. The van der Waals surface area contributed by atoms with Gasteiger partial charge in [-0.25, -0.2) is 15.0 Å². The van der Waals surface area contributed by atoms with E-state index in [4.69, 9.17) is 14.2 Å². The largest absolute Gasteiger partial charge is 0.493 e. The van der Waals surface area contributed by atoms with Crippen LogP contribution in [-0.2, 0) is 14.3 Å². The third kappa shape index (κ3) is 5.72. The number of H-pyrrole nitrogens is 1. The molecule has 0 unspecified atom stereocenters. The molecule has 11 nitrogen and oxygen atoms in total. The van der Waals surface area contributed by atoms with Crippen molar-refractivity contribution in [2.45, 2.75) is 19.9 Å². The first-order valence-corrected chi connectivity index (χ1v) is 11.6. The van der Waals surface area contributed by atoms with Gasteiger partial charge in [0.05, 0.1) is 31.5 Å². The molecule has 1 atom stereocenters. The minimum atomic E-state index is -0.752. The summed E-state index contributed by atoms with van der Waals surface area (Å²) >= 11 is 0. The number of carbonyl (C=O) groups excluding carboxylic acids is 3. The monoisotopic (exact) mass is 505 g/mol. The number of benzene rings is 2. The Hall–Kier alpha value is -4.80. The minimum absolute atomic E-state index is 0.195. The van der Waals surface area contributed by atoms with Gasteiger partial charge in [0.15, 0.2) is 18.1 Å². The van der Waals surface area contributed by atoms with Gasteiger partial charge in [0.1, 0.15) is 0 Å². The maximum Gasteiger partial charge on any atom is 0.338 e. The number of aromatic nitrogens is 1. The highest BCUT2D eigenvalue weighted by molar-refractivity contribution is 5.99. The molecule has 0 fully saturated rings. The maximum absolute atomic E-state index is 12.5. The summed E-state index contributed by atoms with van der Waals surface area (Å²) in [7, 11) is 1.45. The van der Waals surface area contributed by atoms with E-state index in [1.165, 1.54) is 7.11 Å². The van der Waals surface area contributed by atoms with Crippen LogP contribution < -0.4 is 25.5 Å². The molecule has 3 aromatic rings. The number of esters is 1. The molecule has 3 amide bonds. The molecule has 1 aromatic heterocycles. The number of para-hydroxylation sites is 1. The number of ether oxygens (including phenoxy) is 3. The van der Waals surface area contributed by atoms with Crippen LogP contribution >= 0.6 is 0 Å². The lowest BCUT2D eigenvalue weighted by atomic mass is 9.95. The van der Waals surface area contributed by atoms with Crippen molar-refractivity contribution in [2.24, 2.45) is 5.10 Å². The summed E-state index contributed by atoms with van der Waals surface area (Å²) in [6, 6.07) is 11.5. The molecule has 0 aliphatic carbocycles. The molecular formula is C26H27N5O6. The number of aromatic amines is 1. The molecule has 2 heterocycles. The lowest BCUT2D eigenvalue weighted by molar-refractivity contribution is -0.139. The van der Waals surface area contributed by atoms with Crippen LogP contribution in [0.4, 0.5) is 4.79 Å². The van der Waals surface area contributed by atoms with Gasteiger partial charge in [-0.15, -0.1) is 0 Å². The van der Waals surface area contributed by atoms with Crippen molar-refractivity contribution in [3.05, 3.63) is 71.1 Å². The molecule has 0 saturated carbocycles. The van der Waals surface area contributed by atoms with E-state index in [0.717, 1.165) is 16.5 Å². The lowest BCUT2D eigenvalue weighted by Gasteiger charge is -2.28. The first-order valence-electron chi connectivity index (χ1n) is 11.6. The van der Waals surface area contributed by atoms with Gasteiger partial charge in [-0.05, 0) is 37.6 Å². The molecule has 0 saturated heterocycles. The normalized spacial score (nSPS) is 15.3. The first-order chi connectivity index (χ1) is 17.9. The summed E-state index contributed by atoms with van der Waals surface area (Å²) < 4.78 is 16.2. The van der Waals surface area contributed by atoms with Gasteiger partial charge in [-0.2, -0.15) is 5.10 Å². The average molecular weight is 506 g/mol. The van der Waals surface area contributed by atoms with Gasteiger partial charge >= 0.3 is 12.0 Å². The van der Waals surface area contributed by atoms with Gasteiger partial charge in [0.2, 0.25) is 0 Å². The molecule has 1 aliphatic heterocycles. The zero-order chi connectivity index (χ0) is 26.4. The minimum Gasteiger partial charge on any atom is -0.493 e. The summed E-state index contributed by atoms with van der Waals surface area (Å²) in [4.78, 5) is 40.0. The van der Waals surface area contributed by atoms with E-state index in [0.29, 0.717) is 22.8 Å². The molecule has 2 aromatic carbocycles. The molecule has 37 heavy (non-hydrogen) atoms. The Labute approximate surface area is 212 Å². The fourth-order valence-corrected chi connectivity index (χ4v) is 3.96. The molecule has 0 radical (unpaired) electrons. The Morgan fingerprint density at radius 2 is 1.97 bits per heavy atom. The number of fused-ring (bicyclic) bond motifs is 1. The van der Waals surface area contributed by atoms with Crippen LogP contribution in [0.25, 0.3) is 10.9 Å². The van der Waals surface area contributed by atoms with E-state index in [2.05, 4.69) is 26.1 Å². The maximum atomic E-state index is 12.5. The molecule has 1 aliphatic rings. The van der Waals surface area contributed by atoms with Crippen LogP contribution in [-0.4, -0.2) is 49.4 Å². The number of rotatable bonds is 9. The Kier molecular flexibility index (Phi) is 7.72. The van der Waals surface area contributed by atoms with Crippen LogP contribution in [0.3, 0.4) is 0 Å². The van der Waals surface area contributed by atoms with Crippen LogP contribution in [0.5, 0.6) is 11.5 Å². The van der Waals surface area contributed by atoms with E-state index in [-0.39, 0.29) is 18.8 Å². The highest BCUT2D eigenvalue weighted by Crippen LogP contribution is 2.34. The molecule has 0 bridgehead atoms. The quantitative estimate of drug-likeness (QED) is 0.200. The number of carbonyl (C=O) groups is 3. The van der Waals surface area contributed by atoms with E-state index in [1.54, 1.807) is 44.5 Å². The van der Waals surface area contributed by atoms with Gasteiger partial charge in [0.25, 0.3) is 5.91 Å². The van der Waals surface area contributed by atoms with E-state index >= 15 is 0 Å². The number of nitrogens with zero attached hydrogens (tertiary/aromatic N) is 1. The zero-order valence-electron chi connectivity index (χ0n) is 20.6. The molecular weight excluding hydrogens is 478 g/mol. The first kappa shape index (κ1) is 25.3. The van der Waals surface area contributed by atoms with Crippen LogP contribution in [0.2, 0.25) is 0 Å². The van der Waals surface area contributed by atoms with Crippen molar-refractivity contribution in [1.29, 1.82) is 0 Å². The predicted octanol–water partition coefficient (Wildman–Crippen LogP) is 2.90. The molecule has 11 heteroatoms. The van der Waals surface area contributed by atoms with Crippen molar-refractivity contribution in [3.8, 4) is 11.5 Å². The zero-order valence-corrected chi connectivity index (χ0v) is 20.6. The van der Waals surface area contributed by atoms with Crippen molar-refractivity contribution in [2.75, 3.05) is 20.3 Å². The second-order valence-corrected chi connectivity index (χ2v) is 8.07. The Bertz CT molecular complexity index is 1390. The van der Waals surface area contributed by atoms with Crippen LogP contribution in [0.15, 0.2) is 65.0 Å². The number of methoxy groups -OCH3 is 1. The third-order valence-electron chi connectivity index (χ3n) is 5.66. The number of hydrazone groups is 1. The van der Waals surface area contributed by atoms with Gasteiger partial charge < -0.3 is 29.8 Å². The third-order valence-corrected chi connectivity index (χ3v) is 5.66. The summed E-state index contributed by atoms with van der Waals surface area (Å²) in [5, 5.41) is 10.3. The van der Waals surface area contributed by atoms with Crippen LogP contribution in [0.1, 0.15) is 31.0 Å². The second kappa shape index (κ2) is 11.3. The molecule has 192 valence electrons. The van der Waals surface area contributed by atoms with E-state index < -0.39 is 23.9 Å². The molecule has 0 spiro atoms. The lowest BCUT2D eigenvalue weighted by Crippen LogP contribution is -2.45. The smallest absolute Gasteiger partial charge is 0.338 e. The van der Waals surface area contributed by atoms with Crippen molar-refractivity contribution >= 4 is 35.0 Å². The van der Waals surface area contributed by atoms with E-state index in [9.17, 15) is 14.4 Å². The van der Waals surface area contributed by atoms with Crippen molar-refractivity contribution < 1.29 is 28.6 Å². The topological polar surface area (TPSA) is 143 Å². The SMILES string of the molecule is CCOC(=O)C1=C(C)NC(=O)N[C@H]1c1ccc(OCC(=O)N/N=C\c2c[nH]c3ccccc23)c(OC)c1. The fraction of sp³-hybridized carbons (Fsp3) is 0.231. The number of hydrogen-bond acceptors (Lipinski definition) is 7. The number of amides is 3. The molecule has 4 rings (SSSR count). The van der Waals surface area contributed by atoms with Gasteiger partial charge in [-0.1, -0.05) is 24.3 Å². The Morgan fingerprint density at radius 1 is 1.16 bits per heavy atom. The standard InChI is InChI=1S/C26H27N5O6/c1-4-36-25(33)23-15(2)29-26(34)30-24(23)16-9-10-20(21(11-16)35-3)37-14-22(32)31-28-13-17-12-27-19-8-6-5-7-18(17)19/h5-13,24,27H,4,14H2,1-3H3,(H,31,32)(H2,29,30,34)/b28-13-/t24-/m0/s1. The average Bonchev–Trinajstić information content (AvgIpc) is 3.30. The summed E-state index contributed by atoms with van der Waals surface area (Å²) in [5.74, 6) is -0.375. The van der Waals surface area contributed by atoms with Crippen molar-refractivity contribution in [1.82, 2.24) is 21.0 Å². The van der Waals surface area contributed by atoms with Crippen LogP contribution in [0, 0.1) is 0 Å². The number of urea groups is 1. The highest BCUT2D eigenvalue weighted by Gasteiger charge is 2.32.